The highest BCUT2D eigenvalue weighted by Crippen LogP contribution is 2.36. The maximum atomic E-state index is 14.6. The van der Waals surface area contributed by atoms with E-state index in [1.807, 2.05) is 35.4 Å². The number of hydrogen-bond acceptors (Lipinski definition) is 3. The van der Waals surface area contributed by atoms with Crippen LogP contribution in [0.5, 0.6) is 0 Å². The summed E-state index contributed by atoms with van der Waals surface area (Å²) >= 11 is 6.24. The van der Waals surface area contributed by atoms with E-state index >= 15 is 0 Å². The fourth-order valence-electron chi connectivity index (χ4n) is 5.34. The SMILES string of the molecule is CCCn1cc(C(=O)N2CCC(c3cc(CN)ccc3F)CC2)c2c(-c3cncc(Cl)c3)cccc21.Cl.Cl. The van der Waals surface area contributed by atoms with E-state index in [0.29, 0.717) is 35.8 Å². The lowest BCUT2D eigenvalue weighted by Gasteiger charge is -2.32. The number of pyridine rings is 1. The van der Waals surface area contributed by atoms with Crippen molar-refractivity contribution in [2.75, 3.05) is 13.1 Å². The molecule has 3 heterocycles. The predicted molar refractivity (Wildman–Crippen MR) is 157 cm³/mol. The number of carbonyl (C=O) groups excluding carboxylic acids is 1. The summed E-state index contributed by atoms with van der Waals surface area (Å²) in [6, 6.07) is 13.1. The monoisotopic (exact) mass is 576 g/mol. The highest BCUT2D eigenvalue weighted by molar-refractivity contribution is 6.30. The molecule has 1 fully saturated rings. The van der Waals surface area contributed by atoms with Crippen molar-refractivity contribution in [1.82, 2.24) is 14.5 Å². The maximum Gasteiger partial charge on any atom is 0.256 e. The summed E-state index contributed by atoms with van der Waals surface area (Å²) in [5, 5.41) is 1.47. The van der Waals surface area contributed by atoms with E-state index in [-0.39, 0.29) is 42.5 Å². The Kier molecular flexibility index (Phi) is 10.2. The molecule has 9 heteroatoms. The van der Waals surface area contributed by atoms with Crippen molar-refractivity contribution >= 4 is 53.2 Å². The van der Waals surface area contributed by atoms with Crippen molar-refractivity contribution in [2.45, 2.75) is 45.2 Å². The van der Waals surface area contributed by atoms with Crippen molar-refractivity contribution in [3.05, 3.63) is 88.6 Å². The first-order valence-corrected chi connectivity index (χ1v) is 12.9. The number of aromatic nitrogens is 2. The third-order valence-corrected chi connectivity index (χ3v) is 7.34. The number of rotatable bonds is 6. The summed E-state index contributed by atoms with van der Waals surface area (Å²) in [6.07, 6.45) is 7.76. The average molecular weight is 578 g/mol. The van der Waals surface area contributed by atoms with Gasteiger partial charge < -0.3 is 15.2 Å². The normalized spacial score (nSPS) is 13.7. The van der Waals surface area contributed by atoms with Gasteiger partial charge in [0.05, 0.1) is 10.6 Å². The molecule has 1 saturated heterocycles. The van der Waals surface area contributed by atoms with Crippen LogP contribution in [0.4, 0.5) is 4.39 Å². The number of piperidine rings is 1. The number of nitrogens with zero attached hydrogens (tertiary/aromatic N) is 3. The Morgan fingerprint density at radius 3 is 2.58 bits per heavy atom. The number of aryl methyl sites for hydroxylation is 1. The van der Waals surface area contributed by atoms with E-state index in [1.165, 1.54) is 6.07 Å². The molecule has 0 radical (unpaired) electrons. The Balaban J connectivity index is 0.00000200. The molecular formula is C29H32Cl3FN4O. The van der Waals surface area contributed by atoms with Crippen molar-refractivity contribution in [2.24, 2.45) is 5.73 Å². The van der Waals surface area contributed by atoms with Crippen molar-refractivity contribution in [3.8, 4) is 11.1 Å². The number of benzene rings is 2. The van der Waals surface area contributed by atoms with Crippen LogP contribution in [-0.4, -0.2) is 33.4 Å². The third-order valence-electron chi connectivity index (χ3n) is 7.14. The lowest BCUT2D eigenvalue weighted by atomic mass is 9.88. The van der Waals surface area contributed by atoms with Gasteiger partial charge in [0.25, 0.3) is 5.91 Å². The van der Waals surface area contributed by atoms with Crippen molar-refractivity contribution < 1.29 is 9.18 Å². The Morgan fingerprint density at radius 2 is 1.89 bits per heavy atom. The quantitative estimate of drug-likeness (QED) is 0.263. The lowest BCUT2D eigenvalue weighted by Crippen LogP contribution is -2.38. The molecule has 0 spiro atoms. The van der Waals surface area contributed by atoms with Gasteiger partial charge in [-0.3, -0.25) is 9.78 Å². The highest BCUT2D eigenvalue weighted by Gasteiger charge is 2.29. The van der Waals surface area contributed by atoms with Crippen LogP contribution in [0.15, 0.2) is 61.1 Å². The molecule has 5 nitrogen and oxygen atoms in total. The molecule has 1 aliphatic rings. The van der Waals surface area contributed by atoms with Gasteiger partial charge in [0.15, 0.2) is 0 Å². The first-order chi connectivity index (χ1) is 17.5. The smallest absolute Gasteiger partial charge is 0.256 e. The minimum Gasteiger partial charge on any atom is -0.347 e. The molecule has 1 amide bonds. The first-order valence-electron chi connectivity index (χ1n) is 12.5. The highest BCUT2D eigenvalue weighted by atomic mass is 35.5. The van der Waals surface area contributed by atoms with Gasteiger partial charge in [-0.25, -0.2) is 4.39 Å². The van der Waals surface area contributed by atoms with Crippen LogP contribution in [0.25, 0.3) is 22.0 Å². The van der Waals surface area contributed by atoms with Gasteiger partial charge in [-0.05, 0) is 60.1 Å². The van der Waals surface area contributed by atoms with Crippen molar-refractivity contribution in [3.63, 3.8) is 0 Å². The number of halogens is 4. The molecule has 0 aliphatic carbocycles. The van der Waals surface area contributed by atoms with E-state index < -0.39 is 0 Å². The van der Waals surface area contributed by atoms with Crippen LogP contribution in [0.2, 0.25) is 5.02 Å². The Bertz CT molecular complexity index is 1420. The maximum absolute atomic E-state index is 14.6. The fraction of sp³-hybridized carbons (Fsp3) is 0.310. The van der Waals surface area contributed by atoms with Crippen LogP contribution in [0.3, 0.4) is 0 Å². The van der Waals surface area contributed by atoms with E-state index in [4.69, 9.17) is 17.3 Å². The molecule has 0 saturated carbocycles. The summed E-state index contributed by atoms with van der Waals surface area (Å²) < 4.78 is 16.7. The molecular weight excluding hydrogens is 546 g/mol. The zero-order valence-corrected chi connectivity index (χ0v) is 23.6. The molecule has 2 aromatic heterocycles. The standard InChI is InChI=1S/C29H30ClFN4O.2ClH/c1-2-10-35-18-25(28-23(4-3-5-27(28)35)21-14-22(30)17-33-16-21)29(36)34-11-8-20(9-12-34)24-13-19(15-32)6-7-26(24)31;;/h3-7,13-14,16-18,20H,2,8-12,15,32H2,1H3;2*1H. The minimum absolute atomic E-state index is 0. The molecule has 4 aromatic rings. The van der Waals surface area contributed by atoms with E-state index in [9.17, 15) is 9.18 Å². The van der Waals surface area contributed by atoms with Crippen LogP contribution in [0, 0.1) is 5.82 Å². The molecule has 1 aliphatic heterocycles. The fourth-order valence-corrected chi connectivity index (χ4v) is 5.51. The summed E-state index contributed by atoms with van der Waals surface area (Å²) in [5.41, 5.74) is 10.9. The number of hydrogen-bond donors (Lipinski definition) is 1. The topological polar surface area (TPSA) is 64.2 Å². The van der Waals surface area contributed by atoms with Gasteiger partial charge in [-0.15, -0.1) is 24.8 Å². The Morgan fingerprint density at radius 1 is 1.13 bits per heavy atom. The predicted octanol–water partition coefficient (Wildman–Crippen LogP) is 7.23. The largest absolute Gasteiger partial charge is 0.347 e. The Labute approximate surface area is 240 Å². The summed E-state index contributed by atoms with van der Waals surface area (Å²) in [4.78, 5) is 20.0. The van der Waals surface area contributed by atoms with Gasteiger partial charge in [0, 0.05) is 61.2 Å². The summed E-state index contributed by atoms with van der Waals surface area (Å²) in [7, 11) is 0. The molecule has 0 atom stereocenters. The second kappa shape index (κ2) is 12.9. The van der Waals surface area contributed by atoms with E-state index in [0.717, 1.165) is 53.4 Å². The molecule has 0 unspecified atom stereocenters. The molecule has 202 valence electrons. The molecule has 0 bridgehead atoms. The second-order valence-corrected chi connectivity index (χ2v) is 9.89. The average Bonchev–Trinajstić information content (AvgIpc) is 3.27. The van der Waals surface area contributed by atoms with E-state index in [2.05, 4.69) is 22.5 Å². The van der Waals surface area contributed by atoms with E-state index in [1.54, 1.807) is 18.5 Å². The number of amides is 1. The van der Waals surface area contributed by atoms with Gasteiger partial charge in [-0.1, -0.05) is 42.8 Å². The van der Waals surface area contributed by atoms with Crippen LogP contribution >= 0.6 is 36.4 Å². The molecule has 38 heavy (non-hydrogen) atoms. The second-order valence-electron chi connectivity index (χ2n) is 9.45. The van der Waals surface area contributed by atoms with Gasteiger partial charge in [0.1, 0.15) is 5.82 Å². The first kappa shape index (κ1) is 29.9. The third kappa shape index (κ3) is 5.84. The molecule has 2 N–H and O–H groups in total. The number of carbonyl (C=O) groups is 1. The number of likely N-dealkylation sites (tertiary alicyclic amines) is 1. The van der Waals surface area contributed by atoms with Crippen LogP contribution in [-0.2, 0) is 13.1 Å². The van der Waals surface area contributed by atoms with Crippen LogP contribution in [0.1, 0.15) is 53.6 Å². The molecule has 5 rings (SSSR count). The van der Waals surface area contributed by atoms with Gasteiger partial charge in [0.2, 0.25) is 0 Å². The van der Waals surface area contributed by atoms with Crippen LogP contribution < -0.4 is 5.73 Å². The van der Waals surface area contributed by atoms with Gasteiger partial charge >= 0.3 is 0 Å². The minimum atomic E-state index is -0.195. The zero-order chi connectivity index (χ0) is 25.2. The zero-order valence-electron chi connectivity index (χ0n) is 21.2. The summed E-state index contributed by atoms with van der Waals surface area (Å²) in [6.45, 7) is 4.49. The lowest BCUT2D eigenvalue weighted by molar-refractivity contribution is 0.0714. The van der Waals surface area contributed by atoms with Gasteiger partial charge in [-0.2, -0.15) is 0 Å². The Hall–Kier alpha value is -2.64. The molecule has 2 aromatic carbocycles. The summed E-state index contributed by atoms with van der Waals surface area (Å²) in [5.74, 6) is -0.110. The number of fused-ring (bicyclic) bond motifs is 1. The number of nitrogens with two attached hydrogens (primary N) is 1. The van der Waals surface area contributed by atoms with Crippen molar-refractivity contribution in [1.29, 1.82) is 0 Å².